The van der Waals surface area contributed by atoms with Crippen molar-refractivity contribution in [3.63, 3.8) is 0 Å². The molecule has 0 aromatic heterocycles. The van der Waals surface area contributed by atoms with E-state index in [4.69, 9.17) is 0 Å². The molecule has 29 heavy (non-hydrogen) atoms. The van der Waals surface area contributed by atoms with Gasteiger partial charge in [-0.25, -0.2) is 0 Å². The summed E-state index contributed by atoms with van der Waals surface area (Å²) in [5.74, 6) is -0.0126. The number of nitrogens with one attached hydrogen (secondary N) is 3. The van der Waals surface area contributed by atoms with E-state index in [1.165, 1.54) is 11.1 Å². The Hall–Kier alpha value is -2.66. The van der Waals surface area contributed by atoms with Crippen molar-refractivity contribution in [1.29, 1.82) is 0 Å². The second-order valence-corrected chi connectivity index (χ2v) is 8.40. The van der Waals surface area contributed by atoms with E-state index >= 15 is 0 Å². The minimum absolute atomic E-state index is 0.124. The third-order valence-electron chi connectivity index (χ3n) is 5.38. The SMILES string of the molecule is Cc1ccc(NC(=O)C(CC(C)C)NC(=O)C2Cc3ccccc3CN2)c(C)c1. The molecule has 2 aromatic carbocycles. The van der Waals surface area contributed by atoms with Gasteiger partial charge in [0.1, 0.15) is 6.04 Å². The summed E-state index contributed by atoms with van der Waals surface area (Å²) in [6.07, 6.45) is 1.22. The third kappa shape index (κ3) is 5.45. The van der Waals surface area contributed by atoms with Crippen LogP contribution in [0.1, 0.15) is 42.5 Å². The van der Waals surface area contributed by atoms with Gasteiger partial charge in [-0.05, 0) is 55.4 Å². The molecule has 0 aliphatic carbocycles. The number of aryl methyl sites for hydroxylation is 2. The van der Waals surface area contributed by atoms with E-state index in [2.05, 4.69) is 41.9 Å². The van der Waals surface area contributed by atoms with Crippen LogP contribution in [0.25, 0.3) is 0 Å². The maximum atomic E-state index is 13.0. The average Bonchev–Trinajstić information content (AvgIpc) is 2.68. The van der Waals surface area contributed by atoms with Crippen LogP contribution in [0.15, 0.2) is 42.5 Å². The van der Waals surface area contributed by atoms with E-state index in [0.29, 0.717) is 19.4 Å². The first-order valence-electron chi connectivity index (χ1n) is 10.3. The Bertz CT molecular complexity index is 891. The number of fused-ring (bicyclic) bond motifs is 1. The molecule has 5 heteroatoms. The Morgan fingerprint density at radius 2 is 1.83 bits per heavy atom. The Morgan fingerprint density at radius 3 is 2.52 bits per heavy atom. The lowest BCUT2D eigenvalue weighted by Crippen LogP contribution is -2.53. The third-order valence-corrected chi connectivity index (χ3v) is 5.38. The number of amides is 2. The molecule has 2 unspecified atom stereocenters. The lowest BCUT2D eigenvalue weighted by atomic mass is 9.95. The highest BCUT2D eigenvalue weighted by Crippen LogP contribution is 2.19. The number of hydrogen-bond donors (Lipinski definition) is 3. The highest BCUT2D eigenvalue weighted by atomic mass is 16.2. The summed E-state index contributed by atoms with van der Waals surface area (Å²) in [4.78, 5) is 25.9. The first-order valence-corrected chi connectivity index (χ1v) is 10.3. The van der Waals surface area contributed by atoms with Gasteiger partial charge >= 0.3 is 0 Å². The van der Waals surface area contributed by atoms with Crippen molar-refractivity contribution in [3.05, 3.63) is 64.7 Å². The molecule has 0 saturated heterocycles. The maximum Gasteiger partial charge on any atom is 0.246 e. The molecule has 1 aliphatic rings. The number of hydrogen-bond acceptors (Lipinski definition) is 3. The standard InChI is InChI=1S/C24H31N3O2/c1-15(2)11-22(24(29)26-20-10-9-16(3)12-17(20)4)27-23(28)21-13-18-7-5-6-8-19(18)14-25-21/h5-10,12,15,21-22,25H,11,13-14H2,1-4H3,(H,26,29)(H,27,28). The molecule has 3 N–H and O–H groups in total. The Balaban J connectivity index is 1.68. The van der Waals surface area contributed by atoms with Crippen LogP contribution in [-0.4, -0.2) is 23.9 Å². The van der Waals surface area contributed by atoms with E-state index in [1.807, 2.05) is 44.2 Å². The van der Waals surface area contributed by atoms with Crippen molar-refractivity contribution in [3.8, 4) is 0 Å². The molecule has 3 rings (SSSR count). The van der Waals surface area contributed by atoms with E-state index in [0.717, 1.165) is 16.8 Å². The van der Waals surface area contributed by atoms with E-state index in [-0.39, 0.29) is 23.8 Å². The zero-order valence-corrected chi connectivity index (χ0v) is 17.7. The first kappa shape index (κ1) is 21.1. The van der Waals surface area contributed by atoms with Crippen molar-refractivity contribution >= 4 is 17.5 Å². The highest BCUT2D eigenvalue weighted by molar-refractivity contribution is 5.98. The van der Waals surface area contributed by atoms with Gasteiger partial charge in [0, 0.05) is 12.2 Å². The van der Waals surface area contributed by atoms with Gasteiger partial charge in [-0.2, -0.15) is 0 Å². The van der Waals surface area contributed by atoms with E-state index in [1.54, 1.807) is 0 Å². The van der Waals surface area contributed by atoms with Crippen molar-refractivity contribution in [2.75, 3.05) is 5.32 Å². The van der Waals surface area contributed by atoms with Gasteiger partial charge in [-0.3, -0.25) is 9.59 Å². The molecule has 0 saturated carbocycles. The number of benzene rings is 2. The minimum Gasteiger partial charge on any atom is -0.343 e. The number of anilines is 1. The zero-order chi connectivity index (χ0) is 21.0. The summed E-state index contributed by atoms with van der Waals surface area (Å²) in [5, 5.41) is 9.27. The van der Waals surface area contributed by atoms with Gasteiger partial charge in [0.15, 0.2) is 0 Å². The minimum atomic E-state index is -0.567. The van der Waals surface area contributed by atoms with Crippen LogP contribution in [0.3, 0.4) is 0 Å². The monoisotopic (exact) mass is 393 g/mol. The zero-order valence-electron chi connectivity index (χ0n) is 17.7. The molecule has 2 aromatic rings. The molecular weight excluding hydrogens is 362 g/mol. The Labute approximate surface area is 173 Å². The Morgan fingerprint density at radius 1 is 1.10 bits per heavy atom. The normalized spacial score (nSPS) is 16.8. The molecule has 0 fully saturated rings. The van der Waals surface area contributed by atoms with Gasteiger partial charge in [-0.15, -0.1) is 0 Å². The first-order chi connectivity index (χ1) is 13.8. The summed E-state index contributed by atoms with van der Waals surface area (Å²) in [7, 11) is 0. The predicted octanol–water partition coefficient (Wildman–Crippen LogP) is 3.49. The van der Waals surface area contributed by atoms with Gasteiger partial charge in [0.25, 0.3) is 0 Å². The molecule has 1 aliphatic heterocycles. The largest absolute Gasteiger partial charge is 0.343 e. The van der Waals surface area contributed by atoms with Crippen LogP contribution in [0, 0.1) is 19.8 Å². The summed E-state index contributed by atoms with van der Waals surface area (Å²) >= 11 is 0. The summed E-state index contributed by atoms with van der Waals surface area (Å²) in [6, 6.07) is 13.2. The lowest BCUT2D eigenvalue weighted by molar-refractivity contribution is -0.128. The highest BCUT2D eigenvalue weighted by Gasteiger charge is 2.28. The lowest BCUT2D eigenvalue weighted by Gasteiger charge is -2.28. The van der Waals surface area contributed by atoms with Crippen LogP contribution in [0.2, 0.25) is 0 Å². The van der Waals surface area contributed by atoms with Gasteiger partial charge in [-0.1, -0.05) is 55.8 Å². The summed E-state index contributed by atoms with van der Waals surface area (Å²) in [5.41, 5.74) is 5.36. The molecule has 0 spiro atoms. The summed E-state index contributed by atoms with van der Waals surface area (Å²) in [6.45, 7) is 8.77. The van der Waals surface area contributed by atoms with Crippen molar-refractivity contribution in [2.24, 2.45) is 5.92 Å². The second kappa shape index (κ2) is 9.23. The molecule has 0 bridgehead atoms. The molecular formula is C24H31N3O2. The average molecular weight is 394 g/mol. The van der Waals surface area contributed by atoms with Crippen molar-refractivity contribution < 1.29 is 9.59 Å². The number of carbonyl (C=O) groups excluding carboxylic acids is 2. The fraction of sp³-hybridized carbons (Fsp3) is 0.417. The van der Waals surface area contributed by atoms with Gasteiger partial charge in [0.2, 0.25) is 11.8 Å². The molecule has 0 radical (unpaired) electrons. The van der Waals surface area contributed by atoms with Crippen molar-refractivity contribution in [1.82, 2.24) is 10.6 Å². The topological polar surface area (TPSA) is 70.2 Å². The summed E-state index contributed by atoms with van der Waals surface area (Å²) < 4.78 is 0. The molecule has 2 atom stereocenters. The number of rotatable bonds is 6. The second-order valence-electron chi connectivity index (χ2n) is 8.40. The van der Waals surface area contributed by atoms with Gasteiger partial charge in [0.05, 0.1) is 6.04 Å². The fourth-order valence-corrected chi connectivity index (χ4v) is 3.79. The Kier molecular flexibility index (Phi) is 6.70. The van der Waals surface area contributed by atoms with E-state index in [9.17, 15) is 9.59 Å². The van der Waals surface area contributed by atoms with Crippen molar-refractivity contribution in [2.45, 2.75) is 59.2 Å². The quantitative estimate of drug-likeness (QED) is 0.704. The van der Waals surface area contributed by atoms with Crippen LogP contribution < -0.4 is 16.0 Å². The maximum absolute atomic E-state index is 13.0. The predicted molar refractivity (Wildman–Crippen MR) is 117 cm³/mol. The van der Waals surface area contributed by atoms with E-state index < -0.39 is 6.04 Å². The molecule has 154 valence electrons. The smallest absolute Gasteiger partial charge is 0.246 e. The van der Waals surface area contributed by atoms with Crippen LogP contribution >= 0.6 is 0 Å². The van der Waals surface area contributed by atoms with Gasteiger partial charge < -0.3 is 16.0 Å². The fourth-order valence-electron chi connectivity index (χ4n) is 3.79. The number of carbonyl (C=O) groups is 2. The van der Waals surface area contributed by atoms with Crippen LogP contribution in [-0.2, 0) is 22.6 Å². The molecule has 2 amide bonds. The molecule has 5 nitrogen and oxygen atoms in total. The van der Waals surface area contributed by atoms with Crippen LogP contribution in [0.5, 0.6) is 0 Å². The molecule has 1 heterocycles. The van der Waals surface area contributed by atoms with Crippen LogP contribution in [0.4, 0.5) is 5.69 Å².